The van der Waals surface area contributed by atoms with Crippen molar-refractivity contribution in [2.24, 2.45) is 0 Å². The van der Waals surface area contributed by atoms with Crippen LogP contribution in [0.5, 0.6) is 0 Å². The molecule has 0 aliphatic heterocycles. The van der Waals surface area contributed by atoms with Crippen molar-refractivity contribution in [2.45, 2.75) is 13.5 Å². The van der Waals surface area contributed by atoms with Crippen LogP contribution < -0.4 is 5.32 Å². The third kappa shape index (κ3) is 2.33. The lowest BCUT2D eigenvalue weighted by Crippen LogP contribution is -2.01. The standard InChI is InChI=1S/C11H11ClFN3/c1-7-8(6-15-16-7)5-14-11-4-9(12)2-3-10(11)13/h2-4,6,14H,5H2,1H3,(H,15,16). The van der Waals surface area contributed by atoms with Gasteiger partial charge >= 0.3 is 0 Å². The van der Waals surface area contributed by atoms with E-state index in [4.69, 9.17) is 11.6 Å². The Morgan fingerprint density at radius 3 is 3.00 bits per heavy atom. The van der Waals surface area contributed by atoms with Gasteiger partial charge in [0.1, 0.15) is 5.82 Å². The molecule has 0 aliphatic rings. The number of anilines is 1. The van der Waals surface area contributed by atoms with E-state index in [2.05, 4.69) is 15.5 Å². The fraction of sp³-hybridized carbons (Fsp3) is 0.182. The van der Waals surface area contributed by atoms with E-state index in [9.17, 15) is 4.39 Å². The highest BCUT2D eigenvalue weighted by Gasteiger charge is 2.04. The second-order valence-electron chi connectivity index (χ2n) is 3.50. The molecule has 0 saturated heterocycles. The Kier molecular flexibility index (Phi) is 3.10. The van der Waals surface area contributed by atoms with Crippen molar-refractivity contribution in [3.05, 3.63) is 46.5 Å². The first-order valence-corrected chi connectivity index (χ1v) is 5.22. The van der Waals surface area contributed by atoms with Crippen LogP contribution in [0.25, 0.3) is 0 Å². The number of benzene rings is 1. The topological polar surface area (TPSA) is 40.7 Å². The molecule has 0 bridgehead atoms. The molecule has 0 aliphatic carbocycles. The van der Waals surface area contributed by atoms with Crippen molar-refractivity contribution in [3.63, 3.8) is 0 Å². The summed E-state index contributed by atoms with van der Waals surface area (Å²) < 4.78 is 13.4. The van der Waals surface area contributed by atoms with E-state index >= 15 is 0 Å². The summed E-state index contributed by atoms with van der Waals surface area (Å²) in [6.45, 7) is 2.43. The Hall–Kier alpha value is -1.55. The molecule has 1 aromatic heterocycles. The van der Waals surface area contributed by atoms with Crippen molar-refractivity contribution < 1.29 is 4.39 Å². The van der Waals surface area contributed by atoms with Gasteiger partial charge in [0.15, 0.2) is 0 Å². The van der Waals surface area contributed by atoms with Crippen LogP contribution in [0.4, 0.5) is 10.1 Å². The molecule has 2 rings (SSSR count). The molecular weight excluding hydrogens is 229 g/mol. The molecule has 0 spiro atoms. The predicted molar refractivity (Wildman–Crippen MR) is 62.1 cm³/mol. The Balaban J connectivity index is 2.10. The van der Waals surface area contributed by atoms with E-state index in [0.29, 0.717) is 17.3 Å². The zero-order chi connectivity index (χ0) is 11.5. The first-order chi connectivity index (χ1) is 7.66. The fourth-order valence-corrected chi connectivity index (χ4v) is 1.55. The molecule has 0 saturated carbocycles. The number of rotatable bonds is 3. The van der Waals surface area contributed by atoms with Gasteiger partial charge in [-0.1, -0.05) is 11.6 Å². The highest BCUT2D eigenvalue weighted by atomic mass is 35.5. The Labute approximate surface area is 97.6 Å². The van der Waals surface area contributed by atoms with Crippen LogP contribution in [0.2, 0.25) is 5.02 Å². The highest BCUT2D eigenvalue weighted by molar-refractivity contribution is 6.30. The van der Waals surface area contributed by atoms with E-state index in [1.807, 2.05) is 6.92 Å². The van der Waals surface area contributed by atoms with Crippen LogP contribution in [-0.4, -0.2) is 10.2 Å². The van der Waals surface area contributed by atoms with Crippen molar-refractivity contribution in [2.75, 3.05) is 5.32 Å². The van der Waals surface area contributed by atoms with Gasteiger partial charge in [-0.05, 0) is 25.1 Å². The molecule has 0 fully saturated rings. The summed E-state index contributed by atoms with van der Waals surface area (Å²) in [5.41, 5.74) is 2.36. The van der Waals surface area contributed by atoms with Gasteiger partial charge < -0.3 is 5.32 Å². The lowest BCUT2D eigenvalue weighted by atomic mass is 10.2. The Morgan fingerprint density at radius 2 is 2.31 bits per heavy atom. The quantitative estimate of drug-likeness (QED) is 0.864. The normalized spacial score (nSPS) is 10.4. The summed E-state index contributed by atoms with van der Waals surface area (Å²) in [5.74, 6) is -0.314. The van der Waals surface area contributed by atoms with E-state index < -0.39 is 0 Å². The predicted octanol–water partition coefficient (Wildman–Crippen LogP) is 3.12. The third-order valence-corrected chi connectivity index (χ3v) is 2.57. The number of aromatic amines is 1. The fourth-order valence-electron chi connectivity index (χ4n) is 1.38. The van der Waals surface area contributed by atoms with Gasteiger partial charge in [-0.2, -0.15) is 5.10 Å². The summed E-state index contributed by atoms with van der Waals surface area (Å²) in [4.78, 5) is 0. The van der Waals surface area contributed by atoms with Crippen LogP contribution in [0.1, 0.15) is 11.3 Å². The van der Waals surface area contributed by atoms with E-state index in [-0.39, 0.29) is 5.82 Å². The average Bonchev–Trinajstić information content (AvgIpc) is 2.66. The zero-order valence-corrected chi connectivity index (χ0v) is 9.48. The maximum atomic E-state index is 13.4. The Morgan fingerprint density at radius 1 is 1.50 bits per heavy atom. The van der Waals surface area contributed by atoms with Crippen molar-refractivity contribution in [1.29, 1.82) is 0 Å². The Bertz CT molecular complexity index is 496. The molecule has 5 heteroatoms. The average molecular weight is 240 g/mol. The van der Waals surface area contributed by atoms with Gasteiger partial charge in [-0.25, -0.2) is 4.39 Å². The van der Waals surface area contributed by atoms with Gasteiger partial charge in [0.05, 0.1) is 11.9 Å². The van der Waals surface area contributed by atoms with Crippen LogP contribution in [0.3, 0.4) is 0 Å². The number of halogens is 2. The summed E-state index contributed by atoms with van der Waals surface area (Å²) in [5, 5.41) is 10.2. The molecule has 2 aromatic rings. The molecule has 2 N–H and O–H groups in total. The summed E-state index contributed by atoms with van der Waals surface area (Å²) in [6, 6.07) is 4.42. The maximum Gasteiger partial charge on any atom is 0.146 e. The van der Waals surface area contributed by atoms with E-state index in [1.54, 1.807) is 12.3 Å². The number of nitrogens with zero attached hydrogens (tertiary/aromatic N) is 1. The number of aryl methyl sites for hydroxylation is 1. The molecule has 1 heterocycles. The minimum Gasteiger partial charge on any atom is -0.378 e. The lowest BCUT2D eigenvalue weighted by molar-refractivity contribution is 0.630. The molecule has 0 unspecified atom stereocenters. The molecule has 16 heavy (non-hydrogen) atoms. The van der Waals surface area contributed by atoms with Gasteiger partial charge in [0.25, 0.3) is 0 Å². The minimum absolute atomic E-state index is 0.314. The van der Waals surface area contributed by atoms with Gasteiger partial charge in [-0.15, -0.1) is 0 Å². The van der Waals surface area contributed by atoms with Crippen molar-refractivity contribution >= 4 is 17.3 Å². The number of hydrogen-bond acceptors (Lipinski definition) is 2. The van der Waals surface area contributed by atoms with Crippen LogP contribution in [0, 0.1) is 12.7 Å². The second-order valence-corrected chi connectivity index (χ2v) is 3.93. The van der Waals surface area contributed by atoms with Crippen LogP contribution >= 0.6 is 11.6 Å². The van der Waals surface area contributed by atoms with E-state index in [0.717, 1.165) is 11.3 Å². The van der Waals surface area contributed by atoms with Crippen LogP contribution in [0.15, 0.2) is 24.4 Å². The number of nitrogens with one attached hydrogen (secondary N) is 2. The molecule has 3 nitrogen and oxygen atoms in total. The van der Waals surface area contributed by atoms with E-state index in [1.165, 1.54) is 12.1 Å². The third-order valence-electron chi connectivity index (χ3n) is 2.33. The SMILES string of the molecule is Cc1[nH]ncc1CNc1cc(Cl)ccc1F. The summed E-state index contributed by atoms with van der Waals surface area (Å²) in [7, 11) is 0. The summed E-state index contributed by atoms with van der Waals surface area (Å²) >= 11 is 5.78. The largest absolute Gasteiger partial charge is 0.378 e. The first-order valence-electron chi connectivity index (χ1n) is 4.84. The van der Waals surface area contributed by atoms with Gasteiger partial charge in [0, 0.05) is 22.8 Å². The molecular formula is C11H11ClFN3. The van der Waals surface area contributed by atoms with Crippen molar-refractivity contribution in [1.82, 2.24) is 10.2 Å². The maximum absolute atomic E-state index is 13.4. The monoisotopic (exact) mass is 239 g/mol. The molecule has 1 aromatic carbocycles. The first kappa shape index (κ1) is 11.0. The zero-order valence-electron chi connectivity index (χ0n) is 8.72. The smallest absolute Gasteiger partial charge is 0.146 e. The highest BCUT2D eigenvalue weighted by Crippen LogP contribution is 2.20. The lowest BCUT2D eigenvalue weighted by Gasteiger charge is -2.07. The molecule has 0 atom stereocenters. The second kappa shape index (κ2) is 4.53. The molecule has 0 radical (unpaired) electrons. The van der Waals surface area contributed by atoms with Crippen molar-refractivity contribution in [3.8, 4) is 0 Å². The number of aromatic nitrogens is 2. The summed E-state index contributed by atoms with van der Waals surface area (Å²) in [6.07, 6.45) is 1.71. The van der Waals surface area contributed by atoms with Gasteiger partial charge in [0.2, 0.25) is 0 Å². The molecule has 84 valence electrons. The van der Waals surface area contributed by atoms with Gasteiger partial charge in [-0.3, -0.25) is 5.10 Å². The number of hydrogen-bond donors (Lipinski definition) is 2. The van der Waals surface area contributed by atoms with Crippen LogP contribution in [-0.2, 0) is 6.54 Å². The number of H-pyrrole nitrogens is 1. The minimum atomic E-state index is -0.314. The molecule has 0 amide bonds.